The van der Waals surface area contributed by atoms with Crippen LogP contribution in [0.3, 0.4) is 0 Å². The smallest absolute Gasteiger partial charge is 0.412 e. The summed E-state index contributed by atoms with van der Waals surface area (Å²) in [6.45, 7) is 2.26. The fraction of sp³-hybridized carbons (Fsp3) is 1.00. The van der Waals surface area contributed by atoms with Crippen LogP contribution >= 0.6 is 0 Å². The van der Waals surface area contributed by atoms with Crippen molar-refractivity contribution < 1.29 is 29.9 Å². The van der Waals surface area contributed by atoms with Crippen molar-refractivity contribution >= 4 is 0 Å². The molecule has 0 saturated heterocycles. The Labute approximate surface area is 66.7 Å². The second-order valence-corrected chi connectivity index (χ2v) is 3.61. The number of hydrogen-bond donors (Lipinski definition) is 0. The van der Waals surface area contributed by atoms with Crippen molar-refractivity contribution in [3.63, 3.8) is 0 Å². The average molecular weight is 282 g/mol. The molecule has 0 bridgehead atoms. The van der Waals surface area contributed by atoms with E-state index in [1.54, 1.807) is 0 Å². The van der Waals surface area contributed by atoms with Crippen LogP contribution in [0.4, 0.5) is 0 Å². The third kappa shape index (κ3) is 9.95. The van der Waals surface area contributed by atoms with Gasteiger partial charge >= 0.3 is 61.2 Å². The molecule has 2 N–H and O–H groups in total. The van der Waals surface area contributed by atoms with E-state index >= 15 is 0 Å². The predicted molar refractivity (Wildman–Crippen MR) is 32.6 cm³/mol. The van der Waals surface area contributed by atoms with Crippen LogP contribution in [0.15, 0.2) is 0 Å². The van der Waals surface area contributed by atoms with Crippen molar-refractivity contribution in [2.45, 2.75) is 36.8 Å². The molecule has 8 heavy (non-hydrogen) atoms. The van der Waals surface area contributed by atoms with Crippen LogP contribution in [0.25, 0.3) is 0 Å². The monoisotopic (exact) mass is 283 g/mol. The minimum Gasteiger partial charge on any atom is -0.412 e. The molecule has 1 nitrogen and oxygen atoms in total. The summed E-state index contributed by atoms with van der Waals surface area (Å²) < 4.78 is 1.50. The standard InChI is InChI=1S/C6H13.Hf.H2O/c1-3-5-6-4-2;;/h1,3-6H2,2H3;;1H2. The van der Waals surface area contributed by atoms with E-state index in [0.29, 0.717) is 0 Å². The predicted octanol–water partition coefficient (Wildman–Crippen LogP) is 1.71. The van der Waals surface area contributed by atoms with Crippen LogP contribution in [0, 0.1) is 0 Å². The zero-order valence-corrected chi connectivity index (χ0v) is 9.13. The van der Waals surface area contributed by atoms with Gasteiger partial charge in [0, 0.05) is 0 Å². The molecule has 0 aromatic heterocycles. The fourth-order valence-corrected chi connectivity index (χ4v) is 1.45. The Kier molecular flexibility index (Phi) is 15.6. The minimum absolute atomic E-state index is 0. The molecule has 0 aromatic rings. The van der Waals surface area contributed by atoms with Gasteiger partial charge in [0.15, 0.2) is 0 Å². The Balaban J connectivity index is 0. The first kappa shape index (κ1) is 11.6. The molecule has 0 aliphatic heterocycles. The summed E-state index contributed by atoms with van der Waals surface area (Å²) in [7, 11) is 0. The number of rotatable bonds is 4. The Hall–Kier alpha value is 0.830. The van der Waals surface area contributed by atoms with Gasteiger partial charge in [-0.05, 0) is 0 Å². The Morgan fingerprint density at radius 3 is 2.12 bits per heavy atom. The Morgan fingerprint density at radius 2 is 1.75 bits per heavy atom. The van der Waals surface area contributed by atoms with Crippen molar-refractivity contribution in [3.8, 4) is 0 Å². The summed E-state index contributed by atoms with van der Waals surface area (Å²) in [6.07, 6.45) is 5.78. The first-order valence-electron chi connectivity index (χ1n) is 3.06. The summed E-state index contributed by atoms with van der Waals surface area (Å²) in [6, 6.07) is 0. The topological polar surface area (TPSA) is 31.5 Å². The van der Waals surface area contributed by atoms with Gasteiger partial charge in [-0.3, -0.25) is 0 Å². The molecule has 0 aromatic carbocycles. The number of hydrogen-bond acceptors (Lipinski definition) is 0. The van der Waals surface area contributed by atoms with E-state index < -0.39 is 0 Å². The first-order chi connectivity index (χ1) is 3.41. The minimum atomic E-state index is 0. The van der Waals surface area contributed by atoms with Gasteiger partial charge in [0.25, 0.3) is 0 Å². The van der Waals surface area contributed by atoms with E-state index in [1.165, 1.54) is 54.2 Å². The summed E-state index contributed by atoms with van der Waals surface area (Å²) >= 11 is 1.41. The molecular formula is C6H15HfO. The molecule has 49 valence electrons. The quantitative estimate of drug-likeness (QED) is 0.555. The second-order valence-electron chi connectivity index (χ2n) is 1.81. The average Bonchev–Trinajstić information content (AvgIpc) is 1.69. The Bertz CT molecular complexity index is 27.7. The zero-order valence-electron chi connectivity index (χ0n) is 5.54. The molecule has 0 heterocycles. The largest absolute Gasteiger partial charge is 0.412 e. The molecule has 0 amide bonds. The zero-order chi connectivity index (χ0) is 5.54. The third-order valence-corrected chi connectivity index (χ3v) is 2.30. The van der Waals surface area contributed by atoms with Crippen LogP contribution in [0.1, 0.15) is 32.6 Å². The molecule has 0 spiro atoms. The van der Waals surface area contributed by atoms with Crippen LogP contribution < -0.4 is 0 Å². The summed E-state index contributed by atoms with van der Waals surface area (Å²) in [5, 5.41) is 0. The van der Waals surface area contributed by atoms with Gasteiger partial charge in [-0.25, -0.2) is 0 Å². The molecular weight excluding hydrogens is 267 g/mol. The molecule has 0 fully saturated rings. The van der Waals surface area contributed by atoms with Crippen LogP contribution in [-0.4, -0.2) is 5.48 Å². The molecule has 0 aliphatic carbocycles. The molecule has 0 atom stereocenters. The fourth-order valence-electron chi connectivity index (χ4n) is 0.552. The maximum absolute atomic E-state index is 2.26. The van der Waals surface area contributed by atoms with Gasteiger partial charge in [0.1, 0.15) is 0 Å². The van der Waals surface area contributed by atoms with Crippen molar-refractivity contribution in [1.82, 2.24) is 0 Å². The van der Waals surface area contributed by atoms with Crippen molar-refractivity contribution in [2.24, 2.45) is 0 Å². The van der Waals surface area contributed by atoms with E-state index in [0.717, 1.165) is 0 Å². The molecule has 2 heteroatoms. The van der Waals surface area contributed by atoms with E-state index in [1.807, 2.05) is 0 Å². The second kappa shape index (κ2) is 10.7. The van der Waals surface area contributed by atoms with E-state index in [4.69, 9.17) is 0 Å². The maximum atomic E-state index is 2.26. The summed E-state index contributed by atoms with van der Waals surface area (Å²) in [5.74, 6) is 0. The molecule has 0 aliphatic rings. The van der Waals surface area contributed by atoms with Crippen LogP contribution in [-0.2, 0) is 24.4 Å². The SMILES string of the molecule is CCCCC[CH2][Hf].O. The van der Waals surface area contributed by atoms with E-state index in [-0.39, 0.29) is 5.48 Å². The van der Waals surface area contributed by atoms with Gasteiger partial charge < -0.3 is 5.48 Å². The third-order valence-electron chi connectivity index (χ3n) is 1.03. The molecule has 0 rings (SSSR count). The van der Waals surface area contributed by atoms with Crippen LogP contribution in [0.5, 0.6) is 0 Å². The van der Waals surface area contributed by atoms with Gasteiger partial charge in [-0.15, -0.1) is 0 Å². The van der Waals surface area contributed by atoms with Crippen molar-refractivity contribution in [1.29, 1.82) is 0 Å². The Morgan fingerprint density at radius 1 is 1.12 bits per heavy atom. The van der Waals surface area contributed by atoms with Gasteiger partial charge in [-0.1, -0.05) is 0 Å². The van der Waals surface area contributed by atoms with Gasteiger partial charge in [-0.2, -0.15) is 0 Å². The van der Waals surface area contributed by atoms with E-state index in [9.17, 15) is 0 Å². The maximum Gasteiger partial charge on any atom is -0.412 e. The molecule has 0 unspecified atom stereocenters. The van der Waals surface area contributed by atoms with E-state index in [2.05, 4.69) is 6.92 Å². The molecule has 0 radical (unpaired) electrons. The summed E-state index contributed by atoms with van der Waals surface area (Å²) in [4.78, 5) is 0. The normalized spacial score (nSPS) is 8.00. The van der Waals surface area contributed by atoms with Crippen molar-refractivity contribution in [2.75, 3.05) is 0 Å². The van der Waals surface area contributed by atoms with Crippen molar-refractivity contribution in [3.05, 3.63) is 0 Å². The molecule has 0 saturated carbocycles. The first-order valence-corrected chi connectivity index (χ1v) is 5.60. The van der Waals surface area contributed by atoms with Crippen LogP contribution in [0.2, 0.25) is 4.18 Å². The van der Waals surface area contributed by atoms with Gasteiger partial charge in [0.2, 0.25) is 0 Å². The summed E-state index contributed by atoms with van der Waals surface area (Å²) in [5.41, 5.74) is 0. The number of unbranched alkanes of at least 4 members (excludes halogenated alkanes) is 3. The van der Waals surface area contributed by atoms with Gasteiger partial charge in [0.05, 0.1) is 0 Å².